The molecule has 0 aliphatic carbocycles. The van der Waals surface area contributed by atoms with Gasteiger partial charge in [0.25, 0.3) is 5.91 Å². The molecule has 26 heavy (non-hydrogen) atoms. The number of carboxylic acids is 1. The molecular formula is C18H19N5O3. The van der Waals surface area contributed by atoms with E-state index in [1.54, 1.807) is 16.9 Å². The van der Waals surface area contributed by atoms with Gasteiger partial charge < -0.3 is 10.4 Å². The third-order valence-corrected chi connectivity index (χ3v) is 4.09. The monoisotopic (exact) mass is 353 g/mol. The number of carbonyl (C=O) groups is 2. The van der Waals surface area contributed by atoms with Crippen molar-refractivity contribution in [3.05, 3.63) is 65.6 Å². The molecule has 1 unspecified atom stereocenters. The molecule has 1 atom stereocenters. The van der Waals surface area contributed by atoms with Crippen LogP contribution >= 0.6 is 0 Å². The molecule has 0 saturated heterocycles. The van der Waals surface area contributed by atoms with Crippen molar-refractivity contribution in [1.29, 1.82) is 0 Å². The zero-order chi connectivity index (χ0) is 18.7. The Labute approximate surface area is 150 Å². The minimum Gasteiger partial charge on any atom is -0.480 e. The van der Waals surface area contributed by atoms with Gasteiger partial charge in [0.2, 0.25) is 0 Å². The third-order valence-electron chi connectivity index (χ3n) is 4.09. The number of rotatable bonds is 6. The maximum Gasteiger partial charge on any atom is 0.328 e. The van der Waals surface area contributed by atoms with Gasteiger partial charge in [0.05, 0.1) is 18.3 Å². The lowest BCUT2D eigenvalue weighted by Gasteiger charge is -2.06. The Bertz CT molecular complexity index is 944. The summed E-state index contributed by atoms with van der Waals surface area (Å²) in [5.41, 5.74) is 2.59. The van der Waals surface area contributed by atoms with Gasteiger partial charge in [0.1, 0.15) is 6.04 Å². The number of carboxylic acid groups (broad SMARTS) is 1. The predicted molar refractivity (Wildman–Crippen MR) is 95.0 cm³/mol. The van der Waals surface area contributed by atoms with Gasteiger partial charge in [0.15, 0.2) is 5.82 Å². The number of aromatic nitrogens is 4. The summed E-state index contributed by atoms with van der Waals surface area (Å²) in [5.74, 6) is -0.993. The van der Waals surface area contributed by atoms with Crippen molar-refractivity contribution in [2.24, 2.45) is 0 Å². The molecule has 8 nitrogen and oxygen atoms in total. The van der Waals surface area contributed by atoms with E-state index >= 15 is 0 Å². The number of amides is 1. The first-order chi connectivity index (χ1) is 12.4. The Morgan fingerprint density at radius 2 is 2.04 bits per heavy atom. The molecule has 1 aromatic carbocycles. The molecule has 0 bridgehead atoms. The predicted octanol–water partition coefficient (Wildman–Crippen LogP) is 2.33. The van der Waals surface area contributed by atoms with E-state index in [9.17, 15) is 9.59 Å². The Morgan fingerprint density at radius 3 is 2.77 bits per heavy atom. The van der Waals surface area contributed by atoms with E-state index in [4.69, 9.17) is 5.11 Å². The molecule has 8 heteroatoms. The van der Waals surface area contributed by atoms with Crippen LogP contribution in [-0.4, -0.2) is 36.5 Å². The topological polar surface area (TPSA) is 102 Å². The SMILES string of the molecule is Cc1ccccc1Cn1ccc(NC(=O)c2cnn(C(C)C(=O)O)c2)n1. The van der Waals surface area contributed by atoms with E-state index in [1.807, 2.05) is 31.2 Å². The first kappa shape index (κ1) is 17.4. The zero-order valence-corrected chi connectivity index (χ0v) is 14.5. The molecule has 0 aliphatic heterocycles. The molecule has 3 rings (SSSR count). The Kier molecular flexibility index (Phi) is 4.83. The fourth-order valence-corrected chi connectivity index (χ4v) is 2.45. The Hall–Kier alpha value is -3.42. The van der Waals surface area contributed by atoms with Gasteiger partial charge in [-0.1, -0.05) is 24.3 Å². The number of hydrogen-bond donors (Lipinski definition) is 2. The molecule has 2 N–H and O–H groups in total. The second kappa shape index (κ2) is 7.22. The molecule has 2 heterocycles. The van der Waals surface area contributed by atoms with E-state index < -0.39 is 17.9 Å². The van der Waals surface area contributed by atoms with E-state index in [-0.39, 0.29) is 5.56 Å². The van der Waals surface area contributed by atoms with Crippen LogP contribution in [0.3, 0.4) is 0 Å². The average Bonchev–Trinajstić information content (AvgIpc) is 3.26. The fraction of sp³-hybridized carbons (Fsp3) is 0.222. The van der Waals surface area contributed by atoms with Crippen molar-refractivity contribution in [2.45, 2.75) is 26.4 Å². The molecule has 134 valence electrons. The summed E-state index contributed by atoms with van der Waals surface area (Å²) in [6.45, 7) is 4.14. The summed E-state index contributed by atoms with van der Waals surface area (Å²) in [7, 11) is 0. The van der Waals surface area contributed by atoms with Gasteiger partial charge in [-0.05, 0) is 25.0 Å². The minimum absolute atomic E-state index is 0.270. The number of anilines is 1. The lowest BCUT2D eigenvalue weighted by molar-refractivity contribution is -0.140. The van der Waals surface area contributed by atoms with Gasteiger partial charge >= 0.3 is 5.97 Å². The van der Waals surface area contributed by atoms with Crippen molar-refractivity contribution in [3.63, 3.8) is 0 Å². The van der Waals surface area contributed by atoms with Crippen LogP contribution in [0, 0.1) is 6.92 Å². The van der Waals surface area contributed by atoms with E-state index in [0.29, 0.717) is 12.4 Å². The van der Waals surface area contributed by atoms with Gasteiger partial charge in [-0.3, -0.25) is 14.2 Å². The molecule has 0 radical (unpaired) electrons. The molecule has 3 aromatic rings. The summed E-state index contributed by atoms with van der Waals surface area (Å²) in [5, 5.41) is 19.9. The normalized spacial score (nSPS) is 11.9. The number of hydrogen-bond acceptors (Lipinski definition) is 4. The van der Waals surface area contributed by atoms with Crippen LogP contribution in [0.15, 0.2) is 48.9 Å². The van der Waals surface area contributed by atoms with Crippen molar-refractivity contribution < 1.29 is 14.7 Å². The third kappa shape index (κ3) is 3.80. The zero-order valence-electron chi connectivity index (χ0n) is 14.5. The molecule has 0 fully saturated rings. The highest BCUT2D eigenvalue weighted by Crippen LogP contribution is 2.12. The minimum atomic E-state index is -1.02. The first-order valence-electron chi connectivity index (χ1n) is 8.10. The van der Waals surface area contributed by atoms with Crippen molar-refractivity contribution in [2.75, 3.05) is 5.32 Å². The van der Waals surface area contributed by atoms with Crippen molar-refractivity contribution >= 4 is 17.7 Å². The summed E-state index contributed by atoms with van der Waals surface area (Å²) in [6.07, 6.45) is 4.52. The van der Waals surface area contributed by atoms with Crippen LogP contribution in [0.1, 0.15) is 34.5 Å². The summed E-state index contributed by atoms with van der Waals surface area (Å²) >= 11 is 0. The Morgan fingerprint density at radius 1 is 1.27 bits per heavy atom. The quantitative estimate of drug-likeness (QED) is 0.708. The molecular weight excluding hydrogens is 334 g/mol. The van der Waals surface area contributed by atoms with Gasteiger partial charge in [-0.2, -0.15) is 10.2 Å². The number of nitrogens with zero attached hydrogens (tertiary/aromatic N) is 4. The summed E-state index contributed by atoms with van der Waals surface area (Å²) in [4.78, 5) is 23.3. The maximum atomic E-state index is 12.3. The highest BCUT2D eigenvalue weighted by molar-refractivity contribution is 6.03. The van der Waals surface area contributed by atoms with Crippen molar-refractivity contribution in [1.82, 2.24) is 19.6 Å². The second-order valence-electron chi connectivity index (χ2n) is 6.00. The summed E-state index contributed by atoms with van der Waals surface area (Å²) < 4.78 is 2.97. The fourth-order valence-electron chi connectivity index (χ4n) is 2.45. The molecule has 0 spiro atoms. The lowest BCUT2D eigenvalue weighted by Crippen LogP contribution is -2.16. The largest absolute Gasteiger partial charge is 0.480 e. The molecule has 1 amide bonds. The van der Waals surface area contributed by atoms with Crippen LogP contribution < -0.4 is 5.32 Å². The van der Waals surface area contributed by atoms with Crippen LogP contribution in [-0.2, 0) is 11.3 Å². The average molecular weight is 353 g/mol. The number of nitrogens with one attached hydrogen (secondary N) is 1. The van der Waals surface area contributed by atoms with Crippen LogP contribution in [0.2, 0.25) is 0 Å². The highest BCUT2D eigenvalue weighted by Gasteiger charge is 2.17. The molecule has 0 aliphatic rings. The maximum absolute atomic E-state index is 12.3. The number of aliphatic carboxylic acids is 1. The summed E-state index contributed by atoms with van der Waals surface area (Å²) in [6, 6.07) is 8.90. The van der Waals surface area contributed by atoms with Crippen LogP contribution in [0.4, 0.5) is 5.82 Å². The highest BCUT2D eigenvalue weighted by atomic mass is 16.4. The Balaban J connectivity index is 1.66. The first-order valence-corrected chi connectivity index (χ1v) is 8.10. The van der Waals surface area contributed by atoms with E-state index in [2.05, 4.69) is 15.5 Å². The van der Waals surface area contributed by atoms with Gasteiger partial charge in [-0.15, -0.1) is 0 Å². The van der Waals surface area contributed by atoms with E-state index in [0.717, 1.165) is 5.56 Å². The van der Waals surface area contributed by atoms with Gasteiger partial charge in [-0.25, -0.2) is 4.79 Å². The number of carbonyl (C=O) groups excluding carboxylic acids is 1. The van der Waals surface area contributed by atoms with Gasteiger partial charge in [0, 0.05) is 18.5 Å². The van der Waals surface area contributed by atoms with Crippen LogP contribution in [0.25, 0.3) is 0 Å². The van der Waals surface area contributed by atoms with Crippen LogP contribution in [0.5, 0.6) is 0 Å². The number of aryl methyl sites for hydroxylation is 1. The lowest BCUT2D eigenvalue weighted by atomic mass is 10.1. The van der Waals surface area contributed by atoms with Crippen molar-refractivity contribution in [3.8, 4) is 0 Å². The standard InChI is InChI=1S/C18H19N5O3/c1-12-5-3-4-6-14(12)10-22-8-7-16(21-22)20-17(24)15-9-19-23(11-15)13(2)18(25)26/h3-9,11,13H,10H2,1-2H3,(H,25,26)(H,20,21,24). The molecule has 2 aromatic heterocycles. The smallest absolute Gasteiger partial charge is 0.328 e. The molecule has 0 saturated carbocycles. The second-order valence-corrected chi connectivity index (χ2v) is 6.00. The van der Waals surface area contributed by atoms with E-state index in [1.165, 1.54) is 29.6 Å². The number of benzene rings is 1.